The van der Waals surface area contributed by atoms with Crippen LogP contribution >= 0.6 is 11.6 Å². The summed E-state index contributed by atoms with van der Waals surface area (Å²) in [7, 11) is 1.80. The summed E-state index contributed by atoms with van der Waals surface area (Å²) < 4.78 is 1.65. The van der Waals surface area contributed by atoms with Crippen LogP contribution in [0.2, 0.25) is 0 Å². The molecule has 66 valence electrons. The van der Waals surface area contributed by atoms with Gasteiger partial charge in [-0.1, -0.05) is 0 Å². The van der Waals surface area contributed by atoms with E-state index in [9.17, 15) is 4.79 Å². The molecule has 5 heteroatoms. The molecule has 0 aliphatic rings. The topological polar surface area (TPSA) is 60.9 Å². The number of alkyl halides is 1. The number of carbonyl (C=O) groups is 1. The summed E-state index contributed by atoms with van der Waals surface area (Å²) >= 11 is 5.65. The fraction of sp³-hybridized carbons (Fsp3) is 0.429. The summed E-state index contributed by atoms with van der Waals surface area (Å²) in [6.45, 7) is 0. The fourth-order valence-corrected chi connectivity index (χ4v) is 1.06. The average Bonchev–Trinajstić information content (AvgIpc) is 2.35. The third-order valence-corrected chi connectivity index (χ3v) is 1.85. The van der Waals surface area contributed by atoms with Crippen molar-refractivity contribution >= 4 is 17.5 Å². The molecule has 1 aromatic heterocycles. The summed E-state index contributed by atoms with van der Waals surface area (Å²) in [5.41, 5.74) is 5.91. The molecule has 1 atom stereocenters. The van der Waals surface area contributed by atoms with Gasteiger partial charge in [0.1, 0.15) is 5.38 Å². The highest BCUT2D eigenvalue weighted by Crippen LogP contribution is 2.06. The first-order chi connectivity index (χ1) is 5.59. The smallest absolute Gasteiger partial charge is 0.235 e. The lowest BCUT2D eigenvalue weighted by Crippen LogP contribution is -2.25. The van der Waals surface area contributed by atoms with E-state index >= 15 is 0 Å². The fourth-order valence-electron chi connectivity index (χ4n) is 0.885. The maximum atomic E-state index is 10.6. The Balaban J connectivity index is 2.58. The quantitative estimate of drug-likeness (QED) is 0.680. The molecule has 0 saturated heterocycles. The van der Waals surface area contributed by atoms with Crippen LogP contribution in [-0.4, -0.2) is 21.1 Å². The van der Waals surface area contributed by atoms with E-state index in [0.717, 1.165) is 5.56 Å². The predicted molar refractivity (Wildman–Crippen MR) is 45.7 cm³/mol. The number of carbonyl (C=O) groups excluding carboxylic acids is 1. The number of aryl methyl sites for hydroxylation is 1. The summed E-state index contributed by atoms with van der Waals surface area (Å²) in [5, 5.41) is 3.29. The van der Waals surface area contributed by atoms with E-state index in [1.165, 1.54) is 0 Å². The van der Waals surface area contributed by atoms with E-state index < -0.39 is 11.3 Å². The molecular formula is C7H10ClN3O. The number of rotatable bonds is 3. The number of aromatic nitrogens is 2. The molecule has 2 N–H and O–H groups in total. The summed E-state index contributed by atoms with van der Waals surface area (Å²) in [6.07, 6.45) is 3.90. The van der Waals surface area contributed by atoms with Crippen molar-refractivity contribution in [3.05, 3.63) is 18.0 Å². The van der Waals surface area contributed by atoms with Crippen LogP contribution in [0, 0.1) is 0 Å². The van der Waals surface area contributed by atoms with Gasteiger partial charge in [0.15, 0.2) is 0 Å². The number of amides is 1. The molecule has 0 fully saturated rings. The van der Waals surface area contributed by atoms with Crippen LogP contribution in [-0.2, 0) is 18.3 Å². The van der Waals surface area contributed by atoms with Crippen LogP contribution in [0.5, 0.6) is 0 Å². The highest BCUT2D eigenvalue weighted by atomic mass is 35.5. The lowest BCUT2D eigenvalue weighted by Gasteiger charge is -2.00. The van der Waals surface area contributed by atoms with Crippen molar-refractivity contribution in [2.45, 2.75) is 11.8 Å². The zero-order valence-corrected chi connectivity index (χ0v) is 7.45. The van der Waals surface area contributed by atoms with Gasteiger partial charge in [-0.25, -0.2) is 0 Å². The average molecular weight is 188 g/mol. The van der Waals surface area contributed by atoms with Crippen molar-refractivity contribution < 1.29 is 4.79 Å². The lowest BCUT2D eigenvalue weighted by atomic mass is 10.2. The van der Waals surface area contributed by atoms with E-state index in [1.54, 1.807) is 24.1 Å². The highest BCUT2D eigenvalue weighted by Gasteiger charge is 2.12. The monoisotopic (exact) mass is 187 g/mol. The second-order valence-corrected chi connectivity index (χ2v) is 3.12. The molecule has 0 radical (unpaired) electrons. The van der Waals surface area contributed by atoms with Gasteiger partial charge >= 0.3 is 0 Å². The van der Waals surface area contributed by atoms with Gasteiger partial charge in [-0.15, -0.1) is 11.6 Å². The Morgan fingerprint density at radius 3 is 3.00 bits per heavy atom. The van der Waals surface area contributed by atoms with E-state index in [1.807, 2.05) is 0 Å². The molecule has 1 amide bonds. The molecule has 1 aromatic rings. The SMILES string of the molecule is Cn1cc(CC(Cl)C(N)=O)cn1. The molecule has 1 unspecified atom stereocenters. The normalized spacial score (nSPS) is 12.8. The molecule has 1 rings (SSSR count). The van der Waals surface area contributed by atoms with Crippen molar-refractivity contribution in [3.8, 4) is 0 Å². The van der Waals surface area contributed by atoms with E-state index in [-0.39, 0.29) is 0 Å². The van der Waals surface area contributed by atoms with Gasteiger partial charge in [-0.2, -0.15) is 5.10 Å². The Kier molecular flexibility index (Phi) is 2.70. The van der Waals surface area contributed by atoms with Gasteiger partial charge in [0.2, 0.25) is 5.91 Å². The Hall–Kier alpha value is -1.03. The van der Waals surface area contributed by atoms with Crippen molar-refractivity contribution in [3.63, 3.8) is 0 Å². The second kappa shape index (κ2) is 3.58. The van der Waals surface area contributed by atoms with Gasteiger partial charge in [0.05, 0.1) is 6.20 Å². The Morgan fingerprint density at radius 2 is 2.58 bits per heavy atom. The number of primary amides is 1. The minimum absolute atomic E-state index is 0.435. The van der Waals surface area contributed by atoms with E-state index in [4.69, 9.17) is 17.3 Å². The first-order valence-corrected chi connectivity index (χ1v) is 3.94. The summed E-state index contributed by atoms with van der Waals surface area (Å²) in [5.74, 6) is -0.500. The first-order valence-electron chi connectivity index (χ1n) is 3.50. The van der Waals surface area contributed by atoms with Crippen LogP contribution in [0.4, 0.5) is 0 Å². The number of hydrogen-bond donors (Lipinski definition) is 1. The van der Waals surface area contributed by atoms with Crippen molar-refractivity contribution in [2.24, 2.45) is 12.8 Å². The van der Waals surface area contributed by atoms with E-state index in [0.29, 0.717) is 6.42 Å². The molecule has 0 spiro atoms. The van der Waals surface area contributed by atoms with Crippen molar-refractivity contribution in [1.82, 2.24) is 9.78 Å². The molecule has 0 aliphatic carbocycles. The molecular weight excluding hydrogens is 178 g/mol. The zero-order valence-electron chi connectivity index (χ0n) is 6.70. The molecule has 1 heterocycles. The van der Waals surface area contributed by atoms with Crippen molar-refractivity contribution in [1.29, 1.82) is 0 Å². The maximum absolute atomic E-state index is 10.6. The maximum Gasteiger partial charge on any atom is 0.235 e. The molecule has 0 bridgehead atoms. The molecule has 4 nitrogen and oxygen atoms in total. The zero-order chi connectivity index (χ0) is 9.14. The van der Waals surface area contributed by atoms with Gasteiger partial charge in [-0.3, -0.25) is 9.48 Å². The molecule has 12 heavy (non-hydrogen) atoms. The number of nitrogens with zero attached hydrogens (tertiary/aromatic N) is 2. The summed E-state index contributed by atoms with van der Waals surface area (Å²) in [4.78, 5) is 10.6. The van der Waals surface area contributed by atoms with Gasteiger partial charge in [-0.05, 0) is 5.56 Å². The van der Waals surface area contributed by atoms with Crippen LogP contribution in [0.25, 0.3) is 0 Å². The Labute approximate surface area is 75.3 Å². The van der Waals surface area contributed by atoms with Crippen molar-refractivity contribution in [2.75, 3.05) is 0 Å². The van der Waals surface area contributed by atoms with Gasteiger partial charge in [0.25, 0.3) is 0 Å². The van der Waals surface area contributed by atoms with Gasteiger partial charge < -0.3 is 5.73 Å². The third-order valence-electron chi connectivity index (χ3n) is 1.48. The molecule has 0 aromatic carbocycles. The summed E-state index contributed by atoms with van der Waals surface area (Å²) in [6, 6.07) is 0. The first kappa shape index (κ1) is 9.06. The standard InChI is InChI=1S/C7H10ClN3O/c1-11-4-5(3-10-11)2-6(8)7(9)12/h3-4,6H,2H2,1H3,(H2,9,12). The number of hydrogen-bond acceptors (Lipinski definition) is 2. The number of halogens is 1. The van der Waals surface area contributed by atoms with Gasteiger partial charge in [0, 0.05) is 19.7 Å². The predicted octanol–water partition coefficient (Wildman–Crippen LogP) is 0.0553. The highest BCUT2D eigenvalue weighted by molar-refractivity contribution is 6.30. The molecule has 0 saturated carbocycles. The van der Waals surface area contributed by atoms with E-state index in [2.05, 4.69) is 5.10 Å². The minimum atomic E-state index is -0.644. The minimum Gasteiger partial charge on any atom is -0.368 e. The van der Waals surface area contributed by atoms with Crippen LogP contribution in [0.1, 0.15) is 5.56 Å². The Morgan fingerprint density at radius 1 is 1.92 bits per heavy atom. The lowest BCUT2D eigenvalue weighted by molar-refractivity contribution is -0.117. The largest absolute Gasteiger partial charge is 0.368 e. The molecule has 0 aliphatic heterocycles. The van der Waals surface area contributed by atoms with Crippen LogP contribution < -0.4 is 5.73 Å². The number of nitrogens with two attached hydrogens (primary N) is 1. The van der Waals surface area contributed by atoms with Crippen LogP contribution in [0.3, 0.4) is 0 Å². The second-order valence-electron chi connectivity index (χ2n) is 2.60. The Bertz CT molecular complexity index is 284. The third kappa shape index (κ3) is 2.23. The van der Waals surface area contributed by atoms with Crippen LogP contribution in [0.15, 0.2) is 12.4 Å².